The summed E-state index contributed by atoms with van der Waals surface area (Å²) in [5.74, 6) is 0.962. The summed E-state index contributed by atoms with van der Waals surface area (Å²) in [4.78, 5) is 0. The Kier molecular flexibility index (Phi) is 5.22. The zero-order chi connectivity index (χ0) is 14.6. The second kappa shape index (κ2) is 6.73. The van der Waals surface area contributed by atoms with Gasteiger partial charge in [-0.15, -0.1) is 0 Å². The molecule has 2 nitrogen and oxygen atoms in total. The highest BCUT2D eigenvalue weighted by Gasteiger charge is 2.18. The van der Waals surface area contributed by atoms with Gasteiger partial charge in [-0.05, 0) is 35.4 Å². The number of nitrogens with two attached hydrogens (primary N) is 1. The van der Waals surface area contributed by atoms with Crippen LogP contribution < -0.4 is 11.1 Å². The second-order valence-electron chi connectivity index (χ2n) is 7.20. The quantitative estimate of drug-likeness (QED) is 0.829. The van der Waals surface area contributed by atoms with Crippen molar-refractivity contribution in [3.8, 4) is 0 Å². The Morgan fingerprint density at radius 2 is 1.85 bits per heavy atom. The highest BCUT2D eigenvalue weighted by atomic mass is 14.9. The zero-order valence-electron chi connectivity index (χ0n) is 13.3. The van der Waals surface area contributed by atoms with Crippen LogP contribution in [0.5, 0.6) is 0 Å². The van der Waals surface area contributed by atoms with Crippen LogP contribution in [0.1, 0.15) is 63.6 Å². The molecule has 0 radical (unpaired) electrons. The molecule has 0 spiro atoms. The maximum atomic E-state index is 5.93. The Hall–Kier alpha value is -0.860. The third kappa shape index (κ3) is 4.07. The predicted octanol–water partition coefficient (Wildman–Crippen LogP) is 3.76. The molecule has 2 heteroatoms. The molecule has 0 aromatic heterocycles. The van der Waals surface area contributed by atoms with E-state index in [0.717, 1.165) is 12.5 Å². The van der Waals surface area contributed by atoms with Gasteiger partial charge in [-0.1, -0.05) is 64.3 Å². The van der Waals surface area contributed by atoms with E-state index in [2.05, 4.69) is 50.4 Å². The minimum atomic E-state index is 0.217. The molecule has 0 heterocycles. The fraction of sp³-hybridized carbons (Fsp3) is 0.667. The molecule has 1 aliphatic carbocycles. The first-order valence-corrected chi connectivity index (χ1v) is 8.04. The van der Waals surface area contributed by atoms with Gasteiger partial charge >= 0.3 is 0 Å². The van der Waals surface area contributed by atoms with Gasteiger partial charge in [0.1, 0.15) is 0 Å². The number of rotatable bonds is 6. The molecule has 1 aliphatic rings. The summed E-state index contributed by atoms with van der Waals surface area (Å²) in [5.41, 5.74) is 8.84. The molecular formula is C18H30N2. The molecule has 1 atom stereocenters. The molecule has 2 rings (SSSR count). The van der Waals surface area contributed by atoms with Gasteiger partial charge in [0, 0.05) is 12.6 Å². The molecule has 0 amide bonds. The van der Waals surface area contributed by atoms with Gasteiger partial charge < -0.3 is 11.1 Å². The van der Waals surface area contributed by atoms with E-state index < -0.39 is 0 Å². The molecule has 112 valence electrons. The van der Waals surface area contributed by atoms with E-state index in [-0.39, 0.29) is 5.41 Å². The van der Waals surface area contributed by atoms with Crippen molar-refractivity contribution in [2.24, 2.45) is 11.7 Å². The molecular weight excluding hydrogens is 244 g/mol. The van der Waals surface area contributed by atoms with E-state index in [9.17, 15) is 0 Å². The van der Waals surface area contributed by atoms with Crippen LogP contribution in [0.3, 0.4) is 0 Å². The van der Waals surface area contributed by atoms with Crippen molar-refractivity contribution in [2.75, 3.05) is 13.1 Å². The summed E-state index contributed by atoms with van der Waals surface area (Å²) >= 11 is 0. The zero-order valence-corrected chi connectivity index (χ0v) is 13.3. The number of benzene rings is 1. The van der Waals surface area contributed by atoms with Gasteiger partial charge in [-0.3, -0.25) is 0 Å². The molecule has 1 saturated carbocycles. The Labute approximate surface area is 124 Å². The second-order valence-corrected chi connectivity index (χ2v) is 7.20. The standard InChI is InChI=1S/C18H30N2/c1-18(2,3)16-9-7-15(8-10-16)17(13-19)20-12-11-14-5-4-6-14/h7-10,14,17,20H,4-6,11-13,19H2,1-3H3. The molecule has 1 aromatic rings. The van der Waals surface area contributed by atoms with E-state index in [4.69, 9.17) is 5.73 Å². The van der Waals surface area contributed by atoms with E-state index in [1.165, 1.54) is 36.8 Å². The van der Waals surface area contributed by atoms with E-state index in [0.29, 0.717) is 12.6 Å². The highest BCUT2D eigenvalue weighted by Crippen LogP contribution is 2.29. The van der Waals surface area contributed by atoms with Crippen LogP contribution in [0.25, 0.3) is 0 Å². The maximum Gasteiger partial charge on any atom is 0.0444 e. The minimum Gasteiger partial charge on any atom is -0.329 e. The van der Waals surface area contributed by atoms with Crippen molar-refractivity contribution in [3.05, 3.63) is 35.4 Å². The van der Waals surface area contributed by atoms with E-state index in [1.807, 2.05) is 0 Å². The summed E-state index contributed by atoms with van der Waals surface area (Å²) in [6.45, 7) is 8.50. The lowest BCUT2D eigenvalue weighted by atomic mass is 9.83. The first-order chi connectivity index (χ1) is 9.50. The van der Waals surface area contributed by atoms with Gasteiger partial charge in [-0.25, -0.2) is 0 Å². The Morgan fingerprint density at radius 3 is 2.30 bits per heavy atom. The van der Waals surface area contributed by atoms with Crippen LogP contribution in [0.2, 0.25) is 0 Å². The first kappa shape index (κ1) is 15.5. The molecule has 0 saturated heterocycles. The average Bonchev–Trinajstić information content (AvgIpc) is 2.36. The normalized spacial score (nSPS) is 17.8. The van der Waals surface area contributed by atoms with Crippen molar-refractivity contribution in [1.82, 2.24) is 5.32 Å². The lowest BCUT2D eigenvalue weighted by molar-refractivity contribution is 0.288. The van der Waals surface area contributed by atoms with Crippen LogP contribution in [0, 0.1) is 5.92 Å². The number of nitrogens with one attached hydrogen (secondary N) is 1. The summed E-state index contributed by atoms with van der Waals surface area (Å²) in [6.07, 6.45) is 5.58. The van der Waals surface area contributed by atoms with Crippen molar-refractivity contribution in [3.63, 3.8) is 0 Å². The van der Waals surface area contributed by atoms with Crippen molar-refractivity contribution < 1.29 is 0 Å². The lowest BCUT2D eigenvalue weighted by Crippen LogP contribution is -2.30. The predicted molar refractivity (Wildman–Crippen MR) is 86.9 cm³/mol. The molecule has 0 bridgehead atoms. The highest BCUT2D eigenvalue weighted by molar-refractivity contribution is 5.29. The van der Waals surface area contributed by atoms with Crippen molar-refractivity contribution in [2.45, 2.75) is 57.9 Å². The van der Waals surface area contributed by atoms with Gasteiger partial charge in [0.15, 0.2) is 0 Å². The van der Waals surface area contributed by atoms with Gasteiger partial charge in [0.05, 0.1) is 0 Å². The van der Waals surface area contributed by atoms with E-state index in [1.54, 1.807) is 0 Å². The molecule has 20 heavy (non-hydrogen) atoms. The van der Waals surface area contributed by atoms with Crippen LogP contribution in [-0.2, 0) is 5.41 Å². The summed E-state index contributed by atoms with van der Waals surface area (Å²) in [5, 5.41) is 3.62. The lowest BCUT2D eigenvalue weighted by Gasteiger charge is -2.27. The first-order valence-electron chi connectivity index (χ1n) is 8.04. The molecule has 1 unspecified atom stereocenters. The summed E-state index contributed by atoms with van der Waals surface area (Å²) < 4.78 is 0. The Balaban J connectivity index is 1.89. The fourth-order valence-electron chi connectivity index (χ4n) is 2.80. The Morgan fingerprint density at radius 1 is 1.20 bits per heavy atom. The number of hydrogen-bond acceptors (Lipinski definition) is 2. The number of hydrogen-bond donors (Lipinski definition) is 2. The van der Waals surface area contributed by atoms with Crippen LogP contribution in [-0.4, -0.2) is 13.1 Å². The third-order valence-electron chi connectivity index (χ3n) is 4.58. The SMILES string of the molecule is CC(C)(C)c1ccc(C(CN)NCCC2CCC2)cc1. The van der Waals surface area contributed by atoms with Gasteiger partial charge in [0.25, 0.3) is 0 Å². The van der Waals surface area contributed by atoms with Crippen LogP contribution in [0.15, 0.2) is 24.3 Å². The average molecular weight is 274 g/mol. The smallest absolute Gasteiger partial charge is 0.0444 e. The maximum absolute atomic E-state index is 5.93. The van der Waals surface area contributed by atoms with E-state index >= 15 is 0 Å². The largest absolute Gasteiger partial charge is 0.329 e. The summed E-state index contributed by atoms with van der Waals surface area (Å²) in [7, 11) is 0. The van der Waals surface area contributed by atoms with Crippen LogP contribution in [0.4, 0.5) is 0 Å². The topological polar surface area (TPSA) is 38.0 Å². The molecule has 1 aromatic carbocycles. The van der Waals surface area contributed by atoms with Crippen molar-refractivity contribution >= 4 is 0 Å². The molecule has 0 aliphatic heterocycles. The van der Waals surface area contributed by atoms with Gasteiger partial charge in [0.2, 0.25) is 0 Å². The minimum absolute atomic E-state index is 0.217. The van der Waals surface area contributed by atoms with Crippen molar-refractivity contribution in [1.29, 1.82) is 0 Å². The molecule has 3 N–H and O–H groups in total. The monoisotopic (exact) mass is 274 g/mol. The summed E-state index contributed by atoms with van der Waals surface area (Å²) in [6, 6.07) is 9.24. The molecule has 1 fully saturated rings. The Bertz CT molecular complexity index is 398. The van der Waals surface area contributed by atoms with Gasteiger partial charge in [-0.2, -0.15) is 0 Å². The van der Waals surface area contributed by atoms with Crippen LogP contribution >= 0.6 is 0 Å². The fourth-order valence-corrected chi connectivity index (χ4v) is 2.80. The third-order valence-corrected chi connectivity index (χ3v) is 4.58.